The fraction of sp³-hybridized carbons (Fsp3) is 0.438. The van der Waals surface area contributed by atoms with Crippen LogP contribution in [0.4, 0.5) is 5.69 Å². The largest absolute Gasteiger partial charge is 0.493 e. The maximum atomic E-state index is 5.52. The fourth-order valence-electron chi connectivity index (χ4n) is 2.18. The quantitative estimate of drug-likeness (QED) is 0.375. The van der Waals surface area contributed by atoms with Gasteiger partial charge in [0.2, 0.25) is 0 Å². The number of aryl methyl sites for hydroxylation is 1. The molecule has 138 valence electrons. The van der Waals surface area contributed by atoms with E-state index in [1.165, 1.54) is 0 Å². The number of hydrogen-bond donors (Lipinski definition) is 2. The highest BCUT2D eigenvalue weighted by Crippen LogP contribution is 2.30. The molecular formula is C16H25IN6O2. The first-order valence-corrected chi connectivity index (χ1v) is 7.87. The Labute approximate surface area is 165 Å². The molecule has 0 saturated heterocycles. The van der Waals surface area contributed by atoms with Crippen LogP contribution in [0.1, 0.15) is 19.7 Å². The van der Waals surface area contributed by atoms with Crippen LogP contribution in [0.25, 0.3) is 0 Å². The predicted molar refractivity (Wildman–Crippen MR) is 109 cm³/mol. The molecule has 0 spiro atoms. The zero-order valence-corrected chi connectivity index (χ0v) is 17.3. The summed E-state index contributed by atoms with van der Waals surface area (Å²) in [6.07, 6.45) is 1.71. The molecule has 25 heavy (non-hydrogen) atoms. The number of guanidine groups is 1. The average Bonchev–Trinajstić information content (AvgIpc) is 3.07. The summed E-state index contributed by atoms with van der Waals surface area (Å²) >= 11 is 0. The van der Waals surface area contributed by atoms with E-state index in [9.17, 15) is 0 Å². The Morgan fingerprint density at radius 3 is 2.72 bits per heavy atom. The number of ether oxygens (including phenoxy) is 2. The lowest BCUT2D eigenvalue weighted by Crippen LogP contribution is -2.31. The lowest BCUT2D eigenvalue weighted by atomic mass is 10.2. The summed E-state index contributed by atoms with van der Waals surface area (Å²) in [5, 5.41) is 14.4. The third-order valence-electron chi connectivity index (χ3n) is 3.40. The van der Waals surface area contributed by atoms with Gasteiger partial charge in [0.15, 0.2) is 23.3 Å². The number of hydrogen-bond acceptors (Lipinski definition) is 5. The van der Waals surface area contributed by atoms with Gasteiger partial charge < -0.3 is 24.7 Å². The zero-order chi connectivity index (χ0) is 17.4. The number of aliphatic imine (C=N–C) groups is 1. The van der Waals surface area contributed by atoms with Gasteiger partial charge in [0, 0.05) is 25.3 Å². The third-order valence-corrected chi connectivity index (χ3v) is 3.40. The van der Waals surface area contributed by atoms with Crippen LogP contribution in [0.5, 0.6) is 11.5 Å². The van der Waals surface area contributed by atoms with Gasteiger partial charge in [-0.05, 0) is 26.0 Å². The molecule has 0 amide bonds. The van der Waals surface area contributed by atoms with Crippen molar-refractivity contribution in [1.82, 2.24) is 20.1 Å². The molecule has 2 N–H and O–H groups in total. The number of rotatable bonds is 7. The molecule has 1 aromatic carbocycles. The van der Waals surface area contributed by atoms with Crippen molar-refractivity contribution < 1.29 is 9.47 Å². The monoisotopic (exact) mass is 460 g/mol. The van der Waals surface area contributed by atoms with Crippen molar-refractivity contribution in [1.29, 1.82) is 0 Å². The number of aromatic nitrogens is 3. The summed E-state index contributed by atoms with van der Waals surface area (Å²) in [5.74, 6) is 2.86. The maximum absolute atomic E-state index is 5.52. The second-order valence-corrected chi connectivity index (χ2v) is 4.88. The Kier molecular flexibility index (Phi) is 9.03. The summed E-state index contributed by atoms with van der Waals surface area (Å²) in [5.41, 5.74) is 0.848. The smallest absolute Gasteiger partial charge is 0.195 e. The highest BCUT2D eigenvalue weighted by Gasteiger charge is 2.08. The van der Waals surface area contributed by atoms with Gasteiger partial charge in [-0.15, -0.1) is 34.2 Å². The van der Waals surface area contributed by atoms with E-state index in [1.54, 1.807) is 20.5 Å². The van der Waals surface area contributed by atoms with Gasteiger partial charge in [0.1, 0.15) is 6.33 Å². The first-order chi connectivity index (χ1) is 11.7. The van der Waals surface area contributed by atoms with Crippen LogP contribution in [0.2, 0.25) is 0 Å². The third kappa shape index (κ3) is 5.76. The van der Waals surface area contributed by atoms with Crippen molar-refractivity contribution in [2.75, 3.05) is 26.1 Å². The SMILES string of the molecule is CCOc1ccc(NC(=NC)NCc2nncn2CC)cc1OC.I. The number of nitrogens with zero attached hydrogens (tertiary/aromatic N) is 4. The molecule has 0 aliphatic carbocycles. The molecule has 2 rings (SSSR count). The summed E-state index contributed by atoms with van der Waals surface area (Å²) in [6.45, 7) is 5.93. The predicted octanol–water partition coefficient (Wildman–Crippen LogP) is 2.51. The van der Waals surface area contributed by atoms with Crippen molar-refractivity contribution in [2.45, 2.75) is 26.9 Å². The molecule has 0 fully saturated rings. The van der Waals surface area contributed by atoms with Crippen molar-refractivity contribution in [2.24, 2.45) is 4.99 Å². The van der Waals surface area contributed by atoms with E-state index in [0.717, 1.165) is 18.1 Å². The molecule has 0 bridgehead atoms. The van der Waals surface area contributed by atoms with Crippen molar-refractivity contribution in [3.05, 3.63) is 30.4 Å². The van der Waals surface area contributed by atoms with E-state index in [2.05, 4.69) is 25.8 Å². The molecule has 8 nitrogen and oxygen atoms in total. The Balaban J connectivity index is 0.00000312. The molecule has 0 aliphatic rings. The second-order valence-electron chi connectivity index (χ2n) is 4.88. The molecule has 0 radical (unpaired) electrons. The van der Waals surface area contributed by atoms with Crippen molar-refractivity contribution in [3.63, 3.8) is 0 Å². The van der Waals surface area contributed by atoms with Gasteiger partial charge in [-0.1, -0.05) is 0 Å². The summed E-state index contributed by atoms with van der Waals surface area (Å²) in [6, 6.07) is 5.65. The molecule has 0 saturated carbocycles. The van der Waals surface area contributed by atoms with Crippen molar-refractivity contribution in [3.8, 4) is 11.5 Å². The van der Waals surface area contributed by atoms with Crippen LogP contribution in [0, 0.1) is 0 Å². The number of halogens is 1. The summed E-state index contributed by atoms with van der Waals surface area (Å²) in [7, 11) is 3.33. The van der Waals surface area contributed by atoms with Gasteiger partial charge >= 0.3 is 0 Å². The van der Waals surface area contributed by atoms with Crippen LogP contribution < -0.4 is 20.1 Å². The van der Waals surface area contributed by atoms with Gasteiger partial charge in [0.25, 0.3) is 0 Å². The summed E-state index contributed by atoms with van der Waals surface area (Å²) < 4.78 is 12.8. The molecule has 1 heterocycles. The first kappa shape index (κ1) is 21.0. The van der Waals surface area contributed by atoms with E-state index in [-0.39, 0.29) is 24.0 Å². The lowest BCUT2D eigenvalue weighted by Gasteiger charge is -2.14. The molecule has 0 unspecified atom stereocenters. The Morgan fingerprint density at radius 2 is 2.08 bits per heavy atom. The van der Waals surface area contributed by atoms with E-state index in [4.69, 9.17) is 9.47 Å². The van der Waals surface area contributed by atoms with Gasteiger partial charge in [-0.25, -0.2) is 0 Å². The molecule has 1 aromatic heterocycles. The molecule has 0 aliphatic heterocycles. The molecular weight excluding hydrogens is 435 g/mol. The number of benzene rings is 1. The van der Waals surface area contributed by atoms with Gasteiger partial charge in [-0.3, -0.25) is 4.99 Å². The van der Waals surface area contributed by atoms with Crippen LogP contribution >= 0.6 is 24.0 Å². The minimum Gasteiger partial charge on any atom is -0.493 e. The first-order valence-electron chi connectivity index (χ1n) is 7.87. The zero-order valence-electron chi connectivity index (χ0n) is 14.9. The van der Waals surface area contributed by atoms with E-state index >= 15 is 0 Å². The van der Waals surface area contributed by atoms with Gasteiger partial charge in [-0.2, -0.15) is 0 Å². The summed E-state index contributed by atoms with van der Waals surface area (Å²) in [4.78, 5) is 4.22. The van der Waals surface area contributed by atoms with E-state index in [1.807, 2.05) is 36.6 Å². The van der Waals surface area contributed by atoms with Gasteiger partial charge in [0.05, 0.1) is 20.3 Å². The number of methoxy groups -OCH3 is 1. The van der Waals surface area contributed by atoms with Crippen LogP contribution in [-0.2, 0) is 13.1 Å². The number of nitrogens with one attached hydrogen (secondary N) is 2. The minimum atomic E-state index is 0. The average molecular weight is 460 g/mol. The van der Waals surface area contributed by atoms with E-state index < -0.39 is 0 Å². The Bertz CT molecular complexity index is 689. The normalized spacial score (nSPS) is 10.8. The standard InChI is InChI=1S/C16H24N6O2.HI/c1-5-22-11-19-21-15(22)10-18-16(17-3)20-12-7-8-13(24-6-2)14(9-12)23-4;/h7-9,11H,5-6,10H2,1-4H3,(H2,17,18,20);1H. The van der Waals surface area contributed by atoms with Crippen LogP contribution in [-0.4, -0.2) is 41.5 Å². The van der Waals surface area contributed by atoms with Crippen molar-refractivity contribution >= 4 is 35.6 Å². The molecule has 9 heteroatoms. The van der Waals surface area contributed by atoms with E-state index in [0.29, 0.717) is 30.6 Å². The number of anilines is 1. The topological polar surface area (TPSA) is 85.6 Å². The van der Waals surface area contributed by atoms with Crippen LogP contribution in [0.3, 0.4) is 0 Å². The Morgan fingerprint density at radius 1 is 1.28 bits per heavy atom. The maximum Gasteiger partial charge on any atom is 0.195 e. The molecule has 0 atom stereocenters. The molecule has 2 aromatic rings. The van der Waals surface area contributed by atoms with Crippen LogP contribution in [0.15, 0.2) is 29.5 Å². The highest BCUT2D eigenvalue weighted by atomic mass is 127. The Hall–Kier alpha value is -2.04. The fourth-order valence-corrected chi connectivity index (χ4v) is 2.18. The minimum absolute atomic E-state index is 0. The lowest BCUT2D eigenvalue weighted by molar-refractivity contribution is 0.311. The highest BCUT2D eigenvalue weighted by molar-refractivity contribution is 14.0. The second kappa shape index (κ2) is 10.7.